The van der Waals surface area contributed by atoms with E-state index < -0.39 is 11.7 Å². The summed E-state index contributed by atoms with van der Waals surface area (Å²) < 4.78 is 15.0. The van der Waals surface area contributed by atoms with Gasteiger partial charge < -0.3 is 15.2 Å². The van der Waals surface area contributed by atoms with Gasteiger partial charge in [0.25, 0.3) is 5.91 Å². The van der Waals surface area contributed by atoms with Gasteiger partial charge >= 0.3 is 0 Å². The highest BCUT2D eigenvalue weighted by molar-refractivity contribution is 6.01. The average molecular weight is 445 g/mol. The molecule has 2 aromatic carbocycles. The SMILES string of the molecule is CC1CC(C)(C)N(C)c2cc(F)c(/C=C(\C#N)C(=O)NCCc3c[nH]c4ccccc34)cc21. The zero-order valence-electron chi connectivity index (χ0n) is 19.5. The van der Waals surface area contributed by atoms with E-state index in [9.17, 15) is 14.4 Å². The summed E-state index contributed by atoms with van der Waals surface area (Å²) in [5.41, 5.74) is 4.11. The second-order valence-corrected chi connectivity index (χ2v) is 9.44. The summed E-state index contributed by atoms with van der Waals surface area (Å²) in [6, 6.07) is 13.2. The second kappa shape index (κ2) is 8.74. The molecule has 1 amide bonds. The number of nitriles is 1. The maximum atomic E-state index is 15.0. The summed E-state index contributed by atoms with van der Waals surface area (Å²) in [7, 11) is 1.97. The van der Waals surface area contributed by atoms with Crippen molar-refractivity contribution in [3.05, 3.63) is 70.7 Å². The molecule has 0 bridgehead atoms. The lowest BCUT2D eigenvalue weighted by Crippen LogP contribution is -2.45. The summed E-state index contributed by atoms with van der Waals surface area (Å²) in [6.45, 7) is 6.80. The summed E-state index contributed by atoms with van der Waals surface area (Å²) in [6.07, 6.45) is 4.84. The average Bonchev–Trinajstić information content (AvgIpc) is 3.19. The number of carbonyl (C=O) groups is 1. The van der Waals surface area contributed by atoms with Gasteiger partial charge in [-0.05, 0) is 68.0 Å². The fourth-order valence-corrected chi connectivity index (χ4v) is 4.76. The van der Waals surface area contributed by atoms with Crippen molar-refractivity contribution >= 4 is 28.6 Å². The number of H-pyrrole nitrogens is 1. The largest absolute Gasteiger partial charge is 0.369 e. The molecule has 6 heteroatoms. The third-order valence-electron chi connectivity index (χ3n) is 6.77. The van der Waals surface area contributed by atoms with Crippen LogP contribution < -0.4 is 10.2 Å². The summed E-state index contributed by atoms with van der Waals surface area (Å²) >= 11 is 0. The van der Waals surface area contributed by atoms with E-state index in [0.717, 1.165) is 34.1 Å². The summed E-state index contributed by atoms with van der Waals surface area (Å²) in [5, 5.41) is 13.5. The van der Waals surface area contributed by atoms with Crippen molar-refractivity contribution in [2.75, 3.05) is 18.5 Å². The highest BCUT2D eigenvalue weighted by Crippen LogP contribution is 2.43. The van der Waals surface area contributed by atoms with Crippen LogP contribution in [-0.4, -0.2) is 30.0 Å². The van der Waals surface area contributed by atoms with Gasteiger partial charge in [-0.25, -0.2) is 4.39 Å². The van der Waals surface area contributed by atoms with E-state index in [1.165, 1.54) is 12.1 Å². The fraction of sp³-hybridized carbons (Fsp3) is 0.333. The second-order valence-electron chi connectivity index (χ2n) is 9.44. The standard InChI is InChI=1S/C27H29FN4O/c1-17-14-27(2,3)32(4)25-13-23(28)19(12-22(17)25)11-20(15-29)26(33)30-10-9-18-16-31-24-8-6-5-7-21(18)24/h5-8,11-13,16-17,31H,9-10,14H2,1-4H3,(H,30,33)/b20-11+. The van der Waals surface area contributed by atoms with Crippen LogP contribution in [0.5, 0.6) is 0 Å². The van der Waals surface area contributed by atoms with Crippen LogP contribution >= 0.6 is 0 Å². The van der Waals surface area contributed by atoms with Crippen molar-refractivity contribution in [2.24, 2.45) is 0 Å². The molecule has 0 aliphatic carbocycles. The number of anilines is 1. The molecule has 33 heavy (non-hydrogen) atoms. The Morgan fingerprint density at radius 2 is 2.12 bits per heavy atom. The minimum atomic E-state index is -0.499. The quantitative estimate of drug-likeness (QED) is 0.415. The van der Waals surface area contributed by atoms with Crippen molar-refractivity contribution in [1.82, 2.24) is 10.3 Å². The first-order chi connectivity index (χ1) is 15.7. The molecular formula is C27H29FN4O. The molecule has 1 unspecified atom stereocenters. The normalized spacial score (nSPS) is 17.5. The van der Waals surface area contributed by atoms with E-state index in [-0.39, 0.29) is 22.6 Å². The highest BCUT2D eigenvalue weighted by Gasteiger charge is 2.34. The zero-order chi connectivity index (χ0) is 23.8. The van der Waals surface area contributed by atoms with E-state index in [0.29, 0.717) is 13.0 Å². The molecule has 0 fully saturated rings. The zero-order valence-corrected chi connectivity index (χ0v) is 19.5. The molecule has 4 rings (SSSR count). The molecular weight excluding hydrogens is 415 g/mol. The van der Waals surface area contributed by atoms with Crippen LogP contribution in [0, 0.1) is 17.1 Å². The molecule has 0 saturated carbocycles. The Hall–Kier alpha value is -3.59. The van der Waals surface area contributed by atoms with Crippen LogP contribution in [0.1, 0.15) is 49.8 Å². The Balaban J connectivity index is 1.51. The molecule has 1 aliphatic rings. The minimum Gasteiger partial charge on any atom is -0.369 e. The van der Waals surface area contributed by atoms with Crippen LogP contribution in [-0.2, 0) is 11.2 Å². The highest BCUT2D eigenvalue weighted by atomic mass is 19.1. The predicted octanol–water partition coefficient (Wildman–Crippen LogP) is 5.29. The molecule has 5 nitrogen and oxygen atoms in total. The smallest absolute Gasteiger partial charge is 0.261 e. The van der Waals surface area contributed by atoms with Gasteiger partial charge in [0.05, 0.1) is 0 Å². The Labute approximate surface area is 193 Å². The molecule has 0 saturated heterocycles. The third kappa shape index (κ3) is 4.36. The topological polar surface area (TPSA) is 71.9 Å². The number of nitrogens with one attached hydrogen (secondary N) is 2. The summed E-state index contributed by atoms with van der Waals surface area (Å²) in [4.78, 5) is 17.9. The molecule has 3 aromatic rings. The number of hydrogen-bond donors (Lipinski definition) is 2. The van der Waals surface area contributed by atoms with E-state index in [4.69, 9.17) is 0 Å². The lowest BCUT2D eigenvalue weighted by atomic mass is 9.80. The number of rotatable bonds is 5. The maximum absolute atomic E-state index is 15.0. The van der Waals surface area contributed by atoms with E-state index in [1.807, 2.05) is 43.6 Å². The monoisotopic (exact) mass is 444 g/mol. The van der Waals surface area contributed by atoms with Crippen molar-refractivity contribution in [3.63, 3.8) is 0 Å². The number of para-hydroxylation sites is 1. The number of aromatic nitrogens is 1. The predicted molar refractivity (Wildman–Crippen MR) is 131 cm³/mol. The van der Waals surface area contributed by atoms with Gasteiger partial charge in [-0.2, -0.15) is 5.26 Å². The molecule has 2 heterocycles. The first-order valence-corrected chi connectivity index (χ1v) is 11.2. The Morgan fingerprint density at radius 1 is 1.36 bits per heavy atom. The number of fused-ring (bicyclic) bond motifs is 2. The Kier molecular flexibility index (Phi) is 5.99. The Morgan fingerprint density at radius 3 is 2.88 bits per heavy atom. The molecule has 2 N–H and O–H groups in total. The van der Waals surface area contributed by atoms with Crippen molar-refractivity contribution in [2.45, 2.75) is 45.1 Å². The van der Waals surface area contributed by atoms with Crippen LogP contribution in [0.15, 0.2) is 48.2 Å². The van der Waals surface area contributed by atoms with Crippen molar-refractivity contribution in [1.29, 1.82) is 5.26 Å². The van der Waals surface area contributed by atoms with Gasteiger partial charge in [0, 0.05) is 47.5 Å². The van der Waals surface area contributed by atoms with Crippen LogP contribution in [0.2, 0.25) is 0 Å². The van der Waals surface area contributed by atoms with Gasteiger partial charge in [0.15, 0.2) is 0 Å². The van der Waals surface area contributed by atoms with E-state index in [1.54, 1.807) is 6.07 Å². The molecule has 1 atom stereocenters. The van der Waals surface area contributed by atoms with Crippen LogP contribution in [0.3, 0.4) is 0 Å². The van der Waals surface area contributed by atoms with E-state index in [2.05, 4.69) is 36.0 Å². The molecule has 0 radical (unpaired) electrons. The van der Waals surface area contributed by atoms with Crippen LogP contribution in [0.4, 0.5) is 10.1 Å². The lowest BCUT2D eigenvalue weighted by Gasteiger charge is -2.45. The number of nitrogens with zero attached hydrogens (tertiary/aromatic N) is 2. The van der Waals surface area contributed by atoms with Crippen LogP contribution in [0.25, 0.3) is 17.0 Å². The number of hydrogen-bond acceptors (Lipinski definition) is 3. The fourth-order valence-electron chi connectivity index (χ4n) is 4.76. The van der Waals surface area contributed by atoms with Crippen molar-refractivity contribution in [3.8, 4) is 6.07 Å². The number of aromatic amines is 1. The van der Waals surface area contributed by atoms with Gasteiger partial charge in [-0.15, -0.1) is 0 Å². The first-order valence-electron chi connectivity index (χ1n) is 11.2. The number of carbonyl (C=O) groups excluding carboxylic acids is 1. The lowest BCUT2D eigenvalue weighted by molar-refractivity contribution is -0.117. The molecule has 0 spiro atoms. The van der Waals surface area contributed by atoms with Gasteiger partial charge in [-0.3, -0.25) is 4.79 Å². The number of halogens is 1. The summed E-state index contributed by atoms with van der Waals surface area (Å²) in [5.74, 6) is -0.694. The maximum Gasteiger partial charge on any atom is 0.261 e. The van der Waals surface area contributed by atoms with Gasteiger partial charge in [-0.1, -0.05) is 25.1 Å². The Bertz CT molecular complexity index is 1280. The van der Waals surface area contributed by atoms with E-state index >= 15 is 0 Å². The number of benzene rings is 2. The first kappa shape index (κ1) is 22.6. The number of amides is 1. The molecule has 170 valence electrons. The molecule has 1 aliphatic heterocycles. The van der Waals surface area contributed by atoms with Gasteiger partial charge in [0.1, 0.15) is 17.5 Å². The molecule has 1 aromatic heterocycles. The van der Waals surface area contributed by atoms with Gasteiger partial charge in [0.2, 0.25) is 0 Å². The third-order valence-corrected chi connectivity index (χ3v) is 6.77. The minimum absolute atomic E-state index is 0.0707. The van der Waals surface area contributed by atoms with Crippen molar-refractivity contribution < 1.29 is 9.18 Å².